The molecule has 6 N–H and O–H groups in total. The Kier molecular flexibility index (Phi) is 15.0. The van der Waals surface area contributed by atoms with Crippen LogP contribution < -0.4 is 0 Å². The smallest absolute Gasteiger partial charge is 0.299 e. The minimum absolute atomic E-state index is 0.202. The Balaban J connectivity index is 1.68. The van der Waals surface area contributed by atoms with Gasteiger partial charge in [-0.15, -0.1) is 0 Å². The molecule has 2 heterocycles. The standard InChI is InChI=1S/C24H34F2N18O11/c25-24(26)11(4-34-40-28)53-22(13(21(24)50)38-44-32)54-18-8(36-42-30)2-7(35-41-29)15(47)20(18)55-23-17(49)19(10(5-45)52-23)51-9-1-6(3-33-39-27)14(46)16(48)12(9)37-43-31/h6-23,45-50H,1-5H2/t6-,7+,8-,9-,10+,11+,12-,13+,14+,15-,16+,17+,18+,19+,20+,21+,22+,23-/m0/s1. The average Bonchev–Trinajstić information content (AvgIpc) is 3.46. The first kappa shape index (κ1) is 43.0. The van der Waals surface area contributed by atoms with Gasteiger partial charge in [0.2, 0.25) is 0 Å². The molecular formula is C24H34F2N18O11. The second-order valence-electron chi connectivity index (χ2n) is 12.6. The molecule has 2 saturated heterocycles. The minimum atomic E-state index is -4.17. The maximum absolute atomic E-state index is 15.0. The molecule has 0 unspecified atom stereocenters. The first-order chi connectivity index (χ1) is 26.3. The van der Waals surface area contributed by atoms with E-state index in [0.717, 1.165) is 0 Å². The van der Waals surface area contributed by atoms with Crippen LogP contribution in [0.15, 0.2) is 30.7 Å². The van der Waals surface area contributed by atoms with Gasteiger partial charge in [0.25, 0.3) is 5.92 Å². The fourth-order valence-corrected chi connectivity index (χ4v) is 6.89. The molecule has 0 aromatic carbocycles. The van der Waals surface area contributed by atoms with Gasteiger partial charge in [0, 0.05) is 36.0 Å². The molecule has 0 aromatic rings. The lowest BCUT2D eigenvalue weighted by Crippen LogP contribution is -2.65. The van der Waals surface area contributed by atoms with E-state index in [0.29, 0.717) is 0 Å². The van der Waals surface area contributed by atoms with Crippen molar-refractivity contribution in [2.75, 3.05) is 19.7 Å². The van der Waals surface area contributed by atoms with Crippen LogP contribution >= 0.6 is 0 Å². The van der Waals surface area contributed by atoms with Gasteiger partial charge in [-0.05, 0) is 51.9 Å². The van der Waals surface area contributed by atoms with E-state index in [1.54, 1.807) is 0 Å². The summed E-state index contributed by atoms with van der Waals surface area (Å²) in [6, 6.07) is -6.63. The van der Waals surface area contributed by atoms with E-state index in [4.69, 9.17) is 51.3 Å². The summed E-state index contributed by atoms with van der Waals surface area (Å²) >= 11 is 0. The van der Waals surface area contributed by atoms with Crippen LogP contribution in [0.2, 0.25) is 0 Å². The van der Waals surface area contributed by atoms with E-state index >= 15 is 8.78 Å². The molecule has 55 heavy (non-hydrogen) atoms. The number of hydrogen-bond donors (Lipinski definition) is 6. The van der Waals surface area contributed by atoms with Gasteiger partial charge < -0.3 is 54.3 Å². The molecule has 0 bridgehead atoms. The van der Waals surface area contributed by atoms with Crippen molar-refractivity contribution in [1.82, 2.24) is 0 Å². The quantitative estimate of drug-likeness (QED) is 0.0776. The van der Waals surface area contributed by atoms with Crippen LogP contribution in [0.1, 0.15) is 12.8 Å². The van der Waals surface area contributed by atoms with Gasteiger partial charge in [0.15, 0.2) is 12.6 Å². The summed E-state index contributed by atoms with van der Waals surface area (Å²) in [6.45, 7) is -2.24. The molecule has 29 nitrogen and oxygen atoms in total. The molecule has 0 spiro atoms. The van der Waals surface area contributed by atoms with Crippen molar-refractivity contribution in [1.29, 1.82) is 0 Å². The highest BCUT2D eigenvalue weighted by Gasteiger charge is 2.60. The van der Waals surface area contributed by atoms with Gasteiger partial charge in [-0.2, -0.15) is 0 Å². The molecule has 0 aromatic heterocycles. The number of hydrogen-bond acceptors (Lipinski definition) is 17. The number of azide groups is 6. The second-order valence-corrected chi connectivity index (χ2v) is 12.6. The lowest BCUT2D eigenvalue weighted by atomic mass is 9.79. The molecule has 31 heteroatoms. The Bertz CT molecular complexity index is 1650. The molecule has 4 fully saturated rings. The number of alkyl halides is 2. The molecule has 300 valence electrons. The summed E-state index contributed by atoms with van der Waals surface area (Å²) in [5.74, 6) is -5.10. The van der Waals surface area contributed by atoms with Crippen LogP contribution in [0.25, 0.3) is 62.7 Å². The topological polar surface area (TPSA) is 460 Å². The Hall–Kier alpha value is -4.72. The Labute approximate surface area is 305 Å². The van der Waals surface area contributed by atoms with Crippen molar-refractivity contribution in [3.63, 3.8) is 0 Å². The molecule has 2 saturated carbocycles. The fraction of sp³-hybridized carbons (Fsp3) is 1.00. The molecule has 2 aliphatic heterocycles. The molecular weight excluding hydrogens is 754 g/mol. The van der Waals surface area contributed by atoms with Crippen molar-refractivity contribution in [3.8, 4) is 0 Å². The number of aliphatic hydroxyl groups excluding tert-OH is 6. The summed E-state index contributed by atoms with van der Waals surface area (Å²) in [5.41, 5.74) is 54.2. The van der Waals surface area contributed by atoms with Crippen LogP contribution in [-0.2, 0) is 23.7 Å². The molecule has 4 aliphatic rings. The van der Waals surface area contributed by atoms with Crippen molar-refractivity contribution < 1.29 is 63.1 Å². The normalized spacial score (nSPS) is 42.1. The highest BCUT2D eigenvalue weighted by molar-refractivity contribution is 5.06. The van der Waals surface area contributed by atoms with Crippen molar-refractivity contribution in [3.05, 3.63) is 62.7 Å². The number of aliphatic hydroxyl groups is 6. The summed E-state index contributed by atoms with van der Waals surface area (Å²) < 4.78 is 58.8. The lowest BCUT2D eigenvalue weighted by Gasteiger charge is -2.47. The second kappa shape index (κ2) is 19.2. The molecule has 18 atom stereocenters. The van der Waals surface area contributed by atoms with Crippen molar-refractivity contribution in [2.45, 2.75) is 123 Å². The van der Waals surface area contributed by atoms with Crippen LogP contribution in [0.3, 0.4) is 0 Å². The third-order valence-electron chi connectivity index (χ3n) is 9.59. The largest absolute Gasteiger partial charge is 0.394 e. The first-order valence-electron chi connectivity index (χ1n) is 16.2. The predicted molar refractivity (Wildman–Crippen MR) is 170 cm³/mol. The molecule has 0 radical (unpaired) electrons. The minimum Gasteiger partial charge on any atom is -0.394 e. The van der Waals surface area contributed by atoms with Crippen LogP contribution in [-0.4, -0.2) is 160 Å². The van der Waals surface area contributed by atoms with Crippen LogP contribution in [0.5, 0.6) is 0 Å². The molecule has 4 rings (SSSR count). The van der Waals surface area contributed by atoms with Gasteiger partial charge in [0.1, 0.15) is 42.7 Å². The van der Waals surface area contributed by atoms with Crippen LogP contribution in [0, 0.1) is 5.92 Å². The number of rotatable bonds is 15. The Morgan fingerprint density at radius 2 is 1.22 bits per heavy atom. The van der Waals surface area contributed by atoms with E-state index in [1.165, 1.54) is 0 Å². The molecule has 0 amide bonds. The molecule has 2 aliphatic carbocycles. The maximum atomic E-state index is 15.0. The lowest BCUT2D eigenvalue weighted by molar-refractivity contribution is -0.333. The van der Waals surface area contributed by atoms with Gasteiger partial charge in [-0.1, -0.05) is 30.7 Å². The maximum Gasteiger partial charge on any atom is 0.299 e. The fourth-order valence-electron chi connectivity index (χ4n) is 6.89. The van der Waals surface area contributed by atoms with E-state index in [1.807, 2.05) is 0 Å². The highest BCUT2D eigenvalue weighted by atomic mass is 19.3. The third-order valence-corrected chi connectivity index (χ3v) is 9.59. The summed E-state index contributed by atoms with van der Waals surface area (Å²) in [7, 11) is 0. The van der Waals surface area contributed by atoms with E-state index < -0.39 is 135 Å². The third kappa shape index (κ3) is 9.22. The van der Waals surface area contributed by atoms with Gasteiger partial charge in [-0.25, -0.2) is 8.78 Å². The van der Waals surface area contributed by atoms with Gasteiger partial charge in [-0.3, -0.25) is 0 Å². The highest BCUT2D eigenvalue weighted by Crippen LogP contribution is 2.41. The van der Waals surface area contributed by atoms with E-state index in [-0.39, 0.29) is 13.0 Å². The summed E-state index contributed by atoms with van der Waals surface area (Å²) in [5, 5.41) is 84.9. The van der Waals surface area contributed by atoms with Crippen molar-refractivity contribution >= 4 is 0 Å². The number of ether oxygens (including phenoxy) is 5. The van der Waals surface area contributed by atoms with Gasteiger partial charge in [0.05, 0.1) is 61.8 Å². The zero-order chi connectivity index (χ0) is 40.4. The van der Waals surface area contributed by atoms with E-state index in [9.17, 15) is 36.2 Å². The monoisotopic (exact) mass is 788 g/mol. The number of halogens is 2. The predicted octanol–water partition coefficient (Wildman–Crippen LogP) is 1.15. The average molecular weight is 789 g/mol. The number of nitrogens with zero attached hydrogens (tertiary/aromatic N) is 18. The Morgan fingerprint density at radius 3 is 1.84 bits per heavy atom. The SMILES string of the molecule is [N-]=[N+]=NC[C@@H]1C[C@H](O[C@H]2[C@@H](O)[C@H](O[C@@H]3[C@@H](O)[C@H](N=[N+]=[N-])C[C@H](N=[N+]=[N-])[C@H]3O[C@H]3O[C@H](CN=[N+]=[N-])C(F)(F)[C@H](O)[C@H]3N=[N+]=[N-])O[C@@H]2CO)[C@H](N=[N+]=[N-])[C@@H](O)[C@@H]1O. The summed E-state index contributed by atoms with van der Waals surface area (Å²) in [6.07, 6.45) is -25.1. The first-order valence-corrected chi connectivity index (χ1v) is 16.2. The zero-order valence-corrected chi connectivity index (χ0v) is 28.0. The van der Waals surface area contributed by atoms with E-state index in [2.05, 4.69) is 60.2 Å². The van der Waals surface area contributed by atoms with Crippen LogP contribution in [0.4, 0.5) is 8.78 Å². The van der Waals surface area contributed by atoms with Crippen molar-refractivity contribution in [2.24, 2.45) is 36.6 Å². The van der Waals surface area contributed by atoms with Gasteiger partial charge >= 0.3 is 0 Å². The summed E-state index contributed by atoms with van der Waals surface area (Å²) in [4.78, 5) is 15.5. The Morgan fingerprint density at radius 1 is 0.618 bits per heavy atom. The zero-order valence-electron chi connectivity index (χ0n) is 28.0.